The van der Waals surface area contributed by atoms with Gasteiger partial charge in [0.2, 0.25) is 35.4 Å². The van der Waals surface area contributed by atoms with Crippen LogP contribution in [0.3, 0.4) is 0 Å². The van der Waals surface area contributed by atoms with Crippen molar-refractivity contribution >= 4 is 41.4 Å². The van der Waals surface area contributed by atoms with Crippen LogP contribution in [-0.4, -0.2) is 83.3 Å². The zero-order valence-corrected chi connectivity index (χ0v) is 24.1. The average Bonchev–Trinajstić information content (AvgIpc) is 2.84. The van der Waals surface area contributed by atoms with E-state index in [1.807, 2.05) is 13.8 Å². The summed E-state index contributed by atoms with van der Waals surface area (Å²) >= 11 is 0. The standard InChI is InChI=1S/C25H46N8O8/c1-12(2)9-16(24(39)33-20(13(3)4)25(40)41)32-22(37)15(7-5-6-8-26)30-23(38)17(11-19(29)35)31-21(36)14(27)10-18(28)34/h12-17,20H,5-11,26-27H2,1-4H3,(H2,28,34)(H2,29,35)(H,30,38)(H,31,36)(H,32,37)(H,33,39)(H,40,41)/t14-,15-,16-,17-,20-/m0/s1. The number of carbonyl (C=O) groups excluding carboxylic acids is 6. The lowest BCUT2D eigenvalue weighted by Gasteiger charge is -2.27. The molecule has 0 saturated carbocycles. The molecule has 5 atom stereocenters. The number of nitrogens with two attached hydrogens (primary N) is 4. The third kappa shape index (κ3) is 15.0. The van der Waals surface area contributed by atoms with Gasteiger partial charge in [0.25, 0.3) is 0 Å². The summed E-state index contributed by atoms with van der Waals surface area (Å²) in [6.45, 7) is 7.18. The van der Waals surface area contributed by atoms with Crippen LogP contribution in [0.25, 0.3) is 0 Å². The van der Waals surface area contributed by atoms with E-state index < -0.39 is 90.4 Å². The normalized spacial score (nSPS) is 14.7. The van der Waals surface area contributed by atoms with Crippen LogP contribution < -0.4 is 44.2 Å². The third-order valence-corrected chi connectivity index (χ3v) is 5.95. The smallest absolute Gasteiger partial charge is 0.326 e. The zero-order valence-electron chi connectivity index (χ0n) is 24.1. The Morgan fingerprint density at radius 3 is 1.63 bits per heavy atom. The summed E-state index contributed by atoms with van der Waals surface area (Å²) in [6, 6.07) is -6.45. The van der Waals surface area contributed by atoms with Gasteiger partial charge in [0.1, 0.15) is 24.2 Å². The van der Waals surface area contributed by atoms with Crippen LogP contribution in [0.1, 0.15) is 66.2 Å². The molecule has 0 saturated heterocycles. The Labute approximate surface area is 239 Å². The molecule has 0 aromatic carbocycles. The first-order valence-electron chi connectivity index (χ1n) is 13.5. The van der Waals surface area contributed by atoms with Crippen molar-refractivity contribution in [3.8, 4) is 0 Å². The Hall–Kier alpha value is -3.79. The van der Waals surface area contributed by atoms with Crippen molar-refractivity contribution in [1.82, 2.24) is 21.3 Å². The first-order valence-corrected chi connectivity index (χ1v) is 13.5. The Kier molecular flexibility index (Phi) is 16.8. The van der Waals surface area contributed by atoms with Crippen LogP contribution in [0.5, 0.6) is 0 Å². The second-order valence-electron chi connectivity index (χ2n) is 10.6. The van der Waals surface area contributed by atoms with E-state index in [-0.39, 0.29) is 18.8 Å². The number of carboxylic acid groups (broad SMARTS) is 1. The Balaban J connectivity index is 5.91. The van der Waals surface area contributed by atoms with Gasteiger partial charge in [-0.1, -0.05) is 27.7 Å². The van der Waals surface area contributed by atoms with Crippen molar-refractivity contribution in [3.63, 3.8) is 0 Å². The highest BCUT2D eigenvalue weighted by atomic mass is 16.4. The lowest BCUT2D eigenvalue weighted by Crippen LogP contribution is -2.59. The van der Waals surface area contributed by atoms with Gasteiger partial charge in [-0.15, -0.1) is 0 Å². The Morgan fingerprint density at radius 1 is 0.683 bits per heavy atom. The molecule has 0 aromatic heterocycles. The van der Waals surface area contributed by atoms with E-state index >= 15 is 0 Å². The van der Waals surface area contributed by atoms with Gasteiger partial charge in [0.05, 0.1) is 18.9 Å². The number of amides is 6. The number of hydrogen-bond acceptors (Lipinski definition) is 9. The monoisotopic (exact) mass is 586 g/mol. The minimum atomic E-state index is -1.53. The van der Waals surface area contributed by atoms with E-state index in [4.69, 9.17) is 22.9 Å². The van der Waals surface area contributed by atoms with Crippen LogP contribution in [0, 0.1) is 11.8 Å². The quantitative estimate of drug-likeness (QED) is 0.0648. The summed E-state index contributed by atoms with van der Waals surface area (Å²) in [5.41, 5.74) is 21.4. The van der Waals surface area contributed by atoms with Gasteiger partial charge in [-0.05, 0) is 44.1 Å². The number of primary amides is 2. The van der Waals surface area contributed by atoms with Gasteiger partial charge in [-0.2, -0.15) is 0 Å². The molecule has 16 heteroatoms. The van der Waals surface area contributed by atoms with Crippen LogP contribution in [0.4, 0.5) is 0 Å². The van der Waals surface area contributed by atoms with Crippen molar-refractivity contribution in [2.45, 2.75) is 96.4 Å². The predicted octanol–water partition coefficient (Wildman–Crippen LogP) is -3.08. The molecular weight excluding hydrogens is 540 g/mol. The van der Waals surface area contributed by atoms with Crippen molar-refractivity contribution < 1.29 is 38.7 Å². The van der Waals surface area contributed by atoms with E-state index in [2.05, 4.69) is 21.3 Å². The topological polar surface area (TPSA) is 292 Å². The lowest BCUT2D eigenvalue weighted by atomic mass is 9.99. The summed E-state index contributed by atoms with van der Waals surface area (Å²) in [4.78, 5) is 86.0. The van der Waals surface area contributed by atoms with Gasteiger partial charge in [-0.3, -0.25) is 28.8 Å². The molecule has 0 aliphatic rings. The molecule has 0 spiro atoms. The summed E-state index contributed by atoms with van der Waals surface area (Å²) in [6.07, 6.45) is 0.0206. The van der Waals surface area contributed by atoms with E-state index in [1.165, 1.54) is 0 Å². The first kappa shape index (κ1) is 37.2. The van der Waals surface area contributed by atoms with E-state index in [1.54, 1.807) is 13.8 Å². The number of rotatable bonds is 20. The number of nitrogens with one attached hydrogen (secondary N) is 4. The molecule has 0 radical (unpaired) electrons. The average molecular weight is 587 g/mol. The van der Waals surface area contributed by atoms with Crippen molar-refractivity contribution in [1.29, 1.82) is 0 Å². The highest BCUT2D eigenvalue weighted by Crippen LogP contribution is 2.10. The minimum Gasteiger partial charge on any atom is -0.480 e. The summed E-state index contributed by atoms with van der Waals surface area (Å²) in [7, 11) is 0. The SMILES string of the molecule is CC(C)C[C@H](NC(=O)[C@H](CCCCN)NC(=O)[C@H](CC(N)=O)NC(=O)[C@@H](N)CC(N)=O)C(=O)N[C@H](C(=O)O)C(C)C. The first-order chi connectivity index (χ1) is 19.0. The van der Waals surface area contributed by atoms with E-state index in [0.29, 0.717) is 19.4 Å². The van der Waals surface area contributed by atoms with Gasteiger partial charge in [0, 0.05) is 0 Å². The molecule has 13 N–H and O–H groups in total. The van der Waals surface area contributed by atoms with Gasteiger partial charge < -0.3 is 49.3 Å². The van der Waals surface area contributed by atoms with E-state index in [9.17, 15) is 38.7 Å². The Morgan fingerprint density at radius 2 is 1.17 bits per heavy atom. The molecule has 0 bridgehead atoms. The molecule has 0 aliphatic heterocycles. The fraction of sp³-hybridized carbons (Fsp3) is 0.720. The molecule has 234 valence electrons. The maximum absolute atomic E-state index is 13.3. The van der Waals surface area contributed by atoms with Crippen molar-refractivity contribution in [2.75, 3.05) is 6.54 Å². The second kappa shape index (κ2) is 18.5. The molecule has 0 aromatic rings. The second-order valence-corrected chi connectivity index (χ2v) is 10.6. The van der Waals surface area contributed by atoms with Crippen LogP contribution >= 0.6 is 0 Å². The van der Waals surface area contributed by atoms with Crippen LogP contribution in [0.2, 0.25) is 0 Å². The summed E-state index contributed by atoms with van der Waals surface area (Å²) in [5.74, 6) is -6.86. The Bertz CT molecular complexity index is 943. The molecule has 0 rings (SSSR count). The van der Waals surface area contributed by atoms with E-state index in [0.717, 1.165) is 0 Å². The number of carboxylic acids is 1. The van der Waals surface area contributed by atoms with Crippen molar-refractivity contribution in [2.24, 2.45) is 34.8 Å². The predicted molar refractivity (Wildman–Crippen MR) is 148 cm³/mol. The molecule has 6 amide bonds. The van der Waals surface area contributed by atoms with Gasteiger partial charge in [-0.25, -0.2) is 4.79 Å². The summed E-state index contributed by atoms with van der Waals surface area (Å²) in [5, 5.41) is 19.2. The highest BCUT2D eigenvalue weighted by Gasteiger charge is 2.33. The minimum absolute atomic E-state index is 0.0709. The molecule has 0 fully saturated rings. The third-order valence-electron chi connectivity index (χ3n) is 5.95. The summed E-state index contributed by atoms with van der Waals surface area (Å²) < 4.78 is 0. The fourth-order valence-electron chi connectivity index (χ4n) is 3.78. The maximum Gasteiger partial charge on any atom is 0.326 e. The largest absolute Gasteiger partial charge is 0.480 e. The number of carbonyl (C=O) groups is 7. The molecule has 0 heterocycles. The lowest BCUT2D eigenvalue weighted by molar-refractivity contribution is -0.143. The number of unbranched alkanes of at least 4 members (excludes halogenated alkanes) is 1. The molecule has 41 heavy (non-hydrogen) atoms. The zero-order chi connectivity index (χ0) is 31.9. The molecule has 16 nitrogen and oxygen atoms in total. The van der Waals surface area contributed by atoms with Gasteiger partial charge in [0.15, 0.2) is 0 Å². The molecule has 0 aliphatic carbocycles. The highest BCUT2D eigenvalue weighted by molar-refractivity contribution is 5.97. The van der Waals surface area contributed by atoms with Crippen LogP contribution in [0.15, 0.2) is 0 Å². The van der Waals surface area contributed by atoms with Crippen LogP contribution in [-0.2, 0) is 33.6 Å². The molecule has 0 unspecified atom stereocenters. The maximum atomic E-state index is 13.3. The fourth-order valence-corrected chi connectivity index (χ4v) is 3.78. The molecular formula is C25H46N8O8. The number of hydrogen-bond donors (Lipinski definition) is 9. The number of aliphatic carboxylic acids is 1. The van der Waals surface area contributed by atoms with Crippen molar-refractivity contribution in [3.05, 3.63) is 0 Å². The van der Waals surface area contributed by atoms with Gasteiger partial charge >= 0.3 is 5.97 Å².